The summed E-state index contributed by atoms with van der Waals surface area (Å²) in [6.07, 6.45) is 3.07. The maximum Gasteiger partial charge on any atom is 0.150 e. The van der Waals surface area contributed by atoms with E-state index >= 15 is 0 Å². The number of benzene rings is 1. The number of aryl methyl sites for hydroxylation is 1. The molecule has 5 heteroatoms. The number of nitriles is 1. The highest BCUT2D eigenvalue weighted by atomic mass is 19.1. The molecule has 0 fully saturated rings. The molecule has 1 aromatic heterocycles. The van der Waals surface area contributed by atoms with E-state index in [0.29, 0.717) is 5.69 Å². The first-order valence-electron chi connectivity index (χ1n) is 5.18. The maximum absolute atomic E-state index is 13.6. The van der Waals surface area contributed by atoms with Crippen LogP contribution in [0, 0.1) is 29.9 Å². The predicted octanol–water partition coefficient (Wildman–Crippen LogP) is 3.28. The van der Waals surface area contributed by atoms with Crippen LogP contribution in [-0.2, 0) is 0 Å². The summed E-state index contributed by atoms with van der Waals surface area (Å²) >= 11 is 0. The fourth-order valence-corrected chi connectivity index (χ4v) is 1.49. The number of pyridine rings is 1. The highest BCUT2D eigenvalue weighted by molar-refractivity contribution is 5.63. The van der Waals surface area contributed by atoms with E-state index in [4.69, 9.17) is 5.26 Å². The molecule has 0 aliphatic rings. The zero-order chi connectivity index (χ0) is 13.1. The molecule has 1 aromatic carbocycles. The van der Waals surface area contributed by atoms with E-state index in [-0.39, 0.29) is 11.3 Å². The fraction of sp³-hybridized carbons (Fsp3) is 0.0769. The standard InChI is InChI=1S/C13H9F2N3/c1-8-2-3-17-7-12(8)18-13-10(14)4-9(6-16)5-11(13)15/h2-5,7,18H,1H3. The Morgan fingerprint density at radius 2 is 1.94 bits per heavy atom. The van der Waals surface area contributed by atoms with Gasteiger partial charge in [0.25, 0.3) is 0 Å². The van der Waals surface area contributed by atoms with Crippen LogP contribution in [0.15, 0.2) is 30.6 Å². The average Bonchev–Trinajstić information content (AvgIpc) is 2.35. The Kier molecular flexibility index (Phi) is 3.20. The second-order valence-corrected chi connectivity index (χ2v) is 3.74. The van der Waals surface area contributed by atoms with E-state index < -0.39 is 11.6 Å². The molecule has 18 heavy (non-hydrogen) atoms. The number of anilines is 2. The van der Waals surface area contributed by atoms with E-state index in [1.54, 1.807) is 25.3 Å². The third-order valence-corrected chi connectivity index (χ3v) is 2.47. The number of halogens is 2. The molecule has 0 radical (unpaired) electrons. The van der Waals surface area contributed by atoms with E-state index in [9.17, 15) is 8.78 Å². The molecule has 2 aromatic rings. The van der Waals surface area contributed by atoms with Crippen LogP contribution in [0.4, 0.5) is 20.2 Å². The van der Waals surface area contributed by atoms with Crippen LogP contribution in [0.5, 0.6) is 0 Å². The first kappa shape index (κ1) is 12.0. The van der Waals surface area contributed by atoms with E-state index in [1.165, 1.54) is 6.20 Å². The largest absolute Gasteiger partial charge is 0.349 e. The summed E-state index contributed by atoms with van der Waals surface area (Å²) in [4.78, 5) is 3.87. The van der Waals surface area contributed by atoms with Crippen molar-refractivity contribution in [2.45, 2.75) is 6.92 Å². The van der Waals surface area contributed by atoms with Gasteiger partial charge in [-0.3, -0.25) is 4.98 Å². The first-order chi connectivity index (χ1) is 8.61. The minimum Gasteiger partial charge on any atom is -0.349 e. The van der Waals surface area contributed by atoms with Gasteiger partial charge < -0.3 is 5.32 Å². The summed E-state index contributed by atoms with van der Waals surface area (Å²) in [7, 11) is 0. The molecule has 0 atom stereocenters. The monoisotopic (exact) mass is 245 g/mol. The summed E-state index contributed by atoms with van der Waals surface area (Å²) in [6, 6.07) is 5.38. The zero-order valence-corrected chi connectivity index (χ0v) is 9.54. The number of hydrogen-bond acceptors (Lipinski definition) is 3. The Morgan fingerprint density at radius 3 is 2.50 bits per heavy atom. The van der Waals surface area contributed by atoms with Crippen LogP contribution >= 0.6 is 0 Å². The summed E-state index contributed by atoms with van der Waals surface area (Å²) in [5, 5.41) is 11.2. The SMILES string of the molecule is Cc1ccncc1Nc1c(F)cc(C#N)cc1F. The van der Waals surface area contributed by atoms with Gasteiger partial charge in [-0.15, -0.1) is 0 Å². The lowest BCUT2D eigenvalue weighted by atomic mass is 10.2. The molecule has 2 rings (SSSR count). The number of nitrogens with one attached hydrogen (secondary N) is 1. The Hall–Kier alpha value is -2.48. The molecule has 3 nitrogen and oxygen atoms in total. The molecule has 1 heterocycles. The van der Waals surface area contributed by atoms with Gasteiger partial charge in [-0.25, -0.2) is 8.78 Å². The van der Waals surface area contributed by atoms with Crippen LogP contribution < -0.4 is 5.32 Å². The second-order valence-electron chi connectivity index (χ2n) is 3.74. The Labute approximate surface area is 103 Å². The van der Waals surface area contributed by atoms with Gasteiger partial charge in [0.15, 0.2) is 11.6 Å². The lowest BCUT2D eigenvalue weighted by molar-refractivity contribution is 0.590. The molecule has 0 saturated heterocycles. The number of hydrogen-bond donors (Lipinski definition) is 1. The van der Waals surface area contributed by atoms with Crippen molar-refractivity contribution in [1.29, 1.82) is 5.26 Å². The van der Waals surface area contributed by atoms with Gasteiger partial charge in [0.2, 0.25) is 0 Å². The molecule has 90 valence electrons. The lowest BCUT2D eigenvalue weighted by Crippen LogP contribution is -2.00. The van der Waals surface area contributed by atoms with E-state index in [1.807, 2.05) is 0 Å². The van der Waals surface area contributed by atoms with Crippen molar-refractivity contribution in [2.24, 2.45) is 0 Å². The number of rotatable bonds is 2. The summed E-state index contributed by atoms with van der Waals surface area (Å²) < 4.78 is 27.3. The molecular weight excluding hydrogens is 236 g/mol. The molecule has 0 unspecified atom stereocenters. The smallest absolute Gasteiger partial charge is 0.150 e. The minimum atomic E-state index is -0.810. The van der Waals surface area contributed by atoms with Gasteiger partial charge in [0.05, 0.1) is 23.5 Å². The van der Waals surface area contributed by atoms with E-state index in [2.05, 4.69) is 10.3 Å². The van der Waals surface area contributed by atoms with Crippen molar-refractivity contribution in [1.82, 2.24) is 4.98 Å². The van der Waals surface area contributed by atoms with Crippen LogP contribution in [0.1, 0.15) is 11.1 Å². The van der Waals surface area contributed by atoms with Crippen molar-refractivity contribution < 1.29 is 8.78 Å². The van der Waals surface area contributed by atoms with E-state index in [0.717, 1.165) is 17.7 Å². The Morgan fingerprint density at radius 1 is 1.28 bits per heavy atom. The molecule has 1 N–H and O–H groups in total. The van der Waals surface area contributed by atoms with Crippen molar-refractivity contribution in [3.05, 3.63) is 53.4 Å². The topological polar surface area (TPSA) is 48.7 Å². The summed E-state index contributed by atoms with van der Waals surface area (Å²) in [5.74, 6) is -1.62. The fourth-order valence-electron chi connectivity index (χ4n) is 1.49. The Balaban J connectivity index is 2.42. The summed E-state index contributed by atoms with van der Waals surface area (Å²) in [5.41, 5.74) is 0.983. The Bertz CT molecular complexity index is 609. The summed E-state index contributed by atoms with van der Waals surface area (Å²) in [6.45, 7) is 1.80. The van der Waals surface area contributed by atoms with Crippen molar-refractivity contribution in [2.75, 3.05) is 5.32 Å². The highest BCUT2D eigenvalue weighted by Gasteiger charge is 2.12. The van der Waals surface area contributed by atoms with Gasteiger partial charge >= 0.3 is 0 Å². The molecular formula is C13H9F2N3. The first-order valence-corrected chi connectivity index (χ1v) is 5.18. The van der Waals surface area contributed by atoms with Gasteiger partial charge in [-0.1, -0.05) is 0 Å². The lowest BCUT2D eigenvalue weighted by Gasteiger charge is -2.10. The number of aromatic nitrogens is 1. The minimum absolute atomic E-state index is 0.0570. The quantitative estimate of drug-likeness (QED) is 0.883. The van der Waals surface area contributed by atoms with Gasteiger partial charge in [0.1, 0.15) is 5.69 Å². The van der Waals surface area contributed by atoms with Gasteiger partial charge in [-0.05, 0) is 30.7 Å². The molecule has 0 amide bonds. The third kappa shape index (κ3) is 2.28. The molecule has 0 spiro atoms. The van der Waals surface area contributed by atoms with Crippen molar-refractivity contribution >= 4 is 11.4 Å². The highest BCUT2D eigenvalue weighted by Crippen LogP contribution is 2.25. The van der Waals surface area contributed by atoms with Gasteiger partial charge in [-0.2, -0.15) is 5.26 Å². The molecule has 0 saturated carbocycles. The normalized spacial score (nSPS) is 9.89. The molecule has 0 aliphatic heterocycles. The van der Waals surface area contributed by atoms with Gasteiger partial charge in [0, 0.05) is 6.20 Å². The van der Waals surface area contributed by atoms with Crippen molar-refractivity contribution in [3.63, 3.8) is 0 Å². The van der Waals surface area contributed by atoms with Crippen LogP contribution in [0.25, 0.3) is 0 Å². The van der Waals surface area contributed by atoms with Crippen molar-refractivity contribution in [3.8, 4) is 6.07 Å². The molecule has 0 bridgehead atoms. The third-order valence-electron chi connectivity index (χ3n) is 2.47. The second kappa shape index (κ2) is 4.80. The average molecular weight is 245 g/mol. The zero-order valence-electron chi connectivity index (χ0n) is 9.54. The molecule has 0 aliphatic carbocycles. The van der Waals surface area contributed by atoms with Crippen LogP contribution in [-0.4, -0.2) is 4.98 Å². The predicted molar refractivity (Wildman–Crippen MR) is 63.3 cm³/mol. The van der Waals surface area contributed by atoms with Crippen LogP contribution in [0.2, 0.25) is 0 Å². The number of nitrogens with zero attached hydrogens (tertiary/aromatic N) is 2. The van der Waals surface area contributed by atoms with Crippen LogP contribution in [0.3, 0.4) is 0 Å². The maximum atomic E-state index is 13.6.